The van der Waals surface area contributed by atoms with Gasteiger partial charge in [0.15, 0.2) is 12.6 Å². The molecule has 0 bridgehead atoms. The summed E-state index contributed by atoms with van der Waals surface area (Å²) in [6.45, 7) is -0.228. The van der Waals surface area contributed by atoms with Crippen LogP contribution in [0.25, 0.3) is 0 Å². The van der Waals surface area contributed by atoms with Gasteiger partial charge in [0, 0.05) is 0 Å². The molecule has 2 aliphatic rings. The van der Waals surface area contributed by atoms with Gasteiger partial charge in [0.05, 0.1) is 25.4 Å². The Morgan fingerprint density at radius 1 is 1.19 bits per heavy atom. The molecule has 13 nitrogen and oxygen atoms in total. The molecule has 0 aliphatic carbocycles. The van der Waals surface area contributed by atoms with Gasteiger partial charge in [-0.1, -0.05) is 0 Å². The van der Waals surface area contributed by atoms with Gasteiger partial charge in [-0.25, -0.2) is 4.57 Å². The lowest BCUT2D eigenvalue weighted by Gasteiger charge is -2.44. The summed E-state index contributed by atoms with van der Waals surface area (Å²) >= 11 is 0. The number of aliphatic hydroxyl groups is 5. The van der Waals surface area contributed by atoms with Crippen LogP contribution in [0.5, 0.6) is 0 Å². The minimum absolute atomic E-state index is 0.639. The van der Waals surface area contributed by atoms with E-state index in [1.165, 1.54) is 14.0 Å². The van der Waals surface area contributed by atoms with Gasteiger partial charge in [0.1, 0.15) is 30.0 Å². The maximum atomic E-state index is 11.0. The van der Waals surface area contributed by atoms with Gasteiger partial charge in [-0.05, 0) is 14.0 Å². The first-order valence-electron chi connectivity index (χ1n) is 8.15. The van der Waals surface area contributed by atoms with Crippen LogP contribution in [0.2, 0.25) is 0 Å². The van der Waals surface area contributed by atoms with E-state index in [0.717, 1.165) is 0 Å². The topological polar surface area (TPSA) is 208 Å². The molecular weight excluding hydrogens is 393 g/mol. The molecule has 2 heterocycles. The molecule has 160 valence electrons. The van der Waals surface area contributed by atoms with Crippen molar-refractivity contribution in [3.05, 3.63) is 0 Å². The van der Waals surface area contributed by atoms with E-state index in [2.05, 4.69) is 9.84 Å². The number of hydrogen-bond acceptors (Lipinski definition) is 11. The molecule has 2 aliphatic heterocycles. The van der Waals surface area contributed by atoms with Gasteiger partial charge < -0.3 is 54.8 Å². The molecule has 0 amide bonds. The molecule has 0 saturated carbocycles. The largest absolute Gasteiger partial charge is 0.469 e. The van der Waals surface area contributed by atoms with Crippen LogP contribution < -0.4 is 5.32 Å². The van der Waals surface area contributed by atoms with Crippen molar-refractivity contribution >= 4 is 7.82 Å². The summed E-state index contributed by atoms with van der Waals surface area (Å²) in [7, 11) is -3.49. The third-order valence-corrected chi connectivity index (χ3v) is 5.22. The second-order valence-corrected chi connectivity index (χ2v) is 7.74. The average molecular weight is 419 g/mol. The van der Waals surface area contributed by atoms with Crippen molar-refractivity contribution in [1.29, 1.82) is 0 Å². The Hall–Kier alpha value is -0.250. The fraction of sp³-hybridized carbons (Fsp3) is 1.00. The van der Waals surface area contributed by atoms with Crippen LogP contribution in [0.4, 0.5) is 0 Å². The molecule has 0 unspecified atom stereocenters. The van der Waals surface area contributed by atoms with Crippen LogP contribution >= 0.6 is 7.82 Å². The lowest BCUT2D eigenvalue weighted by molar-refractivity contribution is -0.306. The number of hydrogen-bond donors (Lipinski definition) is 8. The van der Waals surface area contributed by atoms with Gasteiger partial charge in [-0.3, -0.25) is 4.52 Å². The zero-order valence-electron chi connectivity index (χ0n) is 14.7. The van der Waals surface area contributed by atoms with Gasteiger partial charge in [0.25, 0.3) is 0 Å². The summed E-state index contributed by atoms with van der Waals surface area (Å²) < 4.78 is 31.3. The van der Waals surface area contributed by atoms with Crippen molar-refractivity contribution in [2.75, 3.05) is 20.3 Å². The van der Waals surface area contributed by atoms with Gasteiger partial charge in [-0.15, -0.1) is 0 Å². The number of phosphoric ester groups is 1. The quantitative estimate of drug-likeness (QED) is 0.185. The van der Waals surface area contributed by atoms with Crippen LogP contribution in [0.3, 0.4) is 0 Å². The summed E-state index contributed by atoms with van der Waals surface area (Å²) in [4.78, 5) is 17.7. The molecule has 0 aromatic rings. The fourth-order valence-corrected chi connectivity index (χ4v) is 3.47. The zero-order valence-corrected chi connectivity index (χ0v) is 15.5. The van der Waals surface area contributed by atoms with Crippen molar-refractivity contribution in [1.82, 2.24) is 5.32 Å². The first-order chi connectivity index (χ1) is 12.4. The highest BCUT2D eigenvalue weighted by atomic mass is 31.2. The fourth-order valence-electron chi connectivity index (χ4n) is 3.10. The van der Waals surface area contributed by atoms with Crippen LogP contribution in [0, 0.1) is 0 Å². The van der Waals surface area contributed by atoms with Crippen molar-refractivity contribution < 1.29 is 58.6 Å². The van der Waals surface area contributed by atoms with Gasteiger partial charge in [0.2, 0.25) is 0 Å². The number of aliphatic hydroxyl groups excluding tert-OH is 4. The minimum Gasteiger partial charge on any atom is -0.394 e. The van der Waals surface area contributed by atoms with Crippen molar-refractivity contribution in [3.63, 3.8) is 0 Å². The minimum atomic E-state index is -4.93. The van der Waals surface area contributed by atoms with Crippen LogP contribution in [0.15, 0.2) is 0 Å². The predicted octanol–water partition coefficient (Wildman–Crippen LogP) is -4.02. The van der Waals surface area contributed by atoms with E-state index in [4.69, 9.17) is 24.0 Å². The Kier molecular flexibility index (Phi) is 7.36. The van der Waals surface area contributed by atoms with E-state index in [1.54, 1.807) is 0 Å². The first kappa shape index (κ1) is 23.0. The smallest absolute Gasteiger partial charge is 0.394 e. The number of nitrogens with one attached hydrogen (secondary N) is 1. The first-order valence-corrected chi connectivity index (χ1v) is 9.68. The highest BCUT2D eigenvalue weighted by Gasteiger charge is 2.58. The van der Waals surface area contributed by atoms with Crippen molar-refractivity contribution in [2.24, 2.45) is 0 Å². The summed E-state index contributed by atoms with van der Waals surface area (Å²) in [5.41, 5.74) is -2.17. The van der Waals surface area contributed by atoms with E-state index in [1.807, 2.05) is 0 Å². The number of phosphoric acid groups is 1. The molecule has 0 aromatic heterocycles. The van der Waals surface area contributed by atoms with Crippen molar-refractivity contribution in [3.8, 4) is 0 Å². The summed E-state index contributed by atoms with van der Waals surface area (Å²) in [5.74, 6) is 0. The zero-order chi connectivity index (χ0) is 20.6. The van der Waals surface area contributed by atoms with E-state index in [9.17, 15) is 30.1 Å². The molecule has 9 atom stereocenters. The summed E-state index contributed by atoms with van der Waals surface area (Å²) in [5, 5.41) is 52.9. The molecule has 0 radical (unpaired) electrons. The molecule has 27 heavy (non-hydrogen) atoms. The molecule has 8 N–H and O–H groups in total. The van der Waals surface area contributed by atoms with E-state index in [-0.39, 0.29) is 0 Å². The second kappa shape index (κ2) is 8.63. The second-order valence-electron chi connectivity index (χ2n) is 6.50. The highest BCUT2D eigenvalue weighted by molar-refractivity contribution is 7.46. The van der Waals surface area contributed by atoms with Crippen LogP contribution in [-0.4, -0.2) is 110 Å². The standard InChI is InChI=1S/C13H26NO12P/c1-5-13(19,4-23-27(20,21)22)10(11(18)24-5)26-12-7(14-2)9(17)8(16)6(3-15)25-12/h5-12,14-19H,3-4H2,1-2H3,(H2,20,21,22)/t5-,6-,7-,8-,9-,10-,11+,12-,13+/m0/s1. The number of likely N-dealkylation sites (N-methyl/N-ethyl adjacent to an activating group) is 1. The molecule has 2 fully saturated rings. The molecule has 0 spiro atoms. The summed E-state index contributed by atoms with van der Waals surface area (Å²) in [6, 6.07) is -1.02. The predicted molar refractivity (Wildman–Crippen MR) is 85.0 cm³/mol. The van der Waals surface area contributed by atoms with Gasteiger partial charge in [-0.2, -0.15) is 0 Å². The Morgan fingerprint density at radius 3 is 2.33 bits per heavy atom. The van der Waals surface area contributed by atoms with E-state index in [0.29, 0.717) is 0 Å². The molecule has 14 heteroatoms. The van der Waals surface area contributed by atoms with E-state index < -0.39 is 75.8 Å². The third kappa shape index (κ3) is 4.85. The lowest BCUT2D eigenvalue weighted by Crippen LogP contribution is -2.65. The maximum Gasteiger partial charge on any atom is 0.469 e. The highest BCUT2D eigenvalue weighted by Crippen LogP contribution is 2.41. The number of rotatable bonds is 7. The molecule has 2 rings (SSSR count). The Balaban J connectivity index is 2.21. The molecular formula is C13H26NO12P. The maximum absolute atomic E-state index is 11.0. The third-order valence-electron chi connectivity index (χ3n) is 4.76. The SMILES string of the molecule is CN[C@@H]1[C@H](O[C@H]2[C@H](O)O[C@@H](C)[C@]2(O)COP(=O)(O)O)O[C@@H](CO)[C@H](O)[C@H]1O. The lowest BCUT2D eigenvalue weighted by atomic mass is 9.93. The Labute approximate surface area is 154 Å². The average Bonchev–Trinajstić information content (AvgIpc) is 2.79. The molecule has 2 saturated heterocycles. The summed E-state index contributed by atoms with van der Waals surface area (Å²) in [6.07, 6.45) is -9.82. The van der Waals surface area contributed by atoms with E-state index >= 15 is 0 Å². The Bertz CT molecular complexity index is 547. The Morgan fingerprint density at radius 2 is 1.81 bits per heavy atom. The monoisotopic (exact) mass is 419 g/mol. The van der Waals surface area contributed by atoms with Gasteiger partial charge >= 0.3 is 7.82 Å². The van der Waals surface area contributed by atoms with Crippen LogP contribution in [0.1, 0.15) is 6.92 Å². The normalized spacial score (nSPS) is 46.0. The van der Waals surface area contributed by atoms with Crippen molar-refractivity contribution in [2.45, 2.75) is 61.7 Å². The van der Waals surface area contributed by atoms with Crippen LogP contribution in [-0.2, 0) is 23.3 Å². The molecule has 0 aromatic carbocycles. The number of ether oxygens (including phenoxy) is 3.